The Balaban J connectivity index is 2.82. The molecule has 3 heteroatoms. The molecule has 3 nitrogen and oxygen atoms in total. The van der Waals surface area contributed by atoms with Crippen molar-refractivity contribution in [1.82, 2.24) is 4.90 Å². The Morgan fingerprint density at radius 1 is 1.40 bits per heavy atom. The zero-order valence-electron chi connectivity index (χ0n) is 9.32. The third-order valence-electron chi connectivity index (χ3n) is 1.96. The first kappa shape index (κ1) is 11.3. The van der Waals surface area contributed by atoms with Gasteiger partial charge in [-0.3, -0.25) is 4.79 Å². The average molecular weight is 204 g/mol. The van der Waals surface area contributed by atoms with Gasteiger partial charge in [0.05, 0.1) is 0 Å². The fraction of sp³-hybridized carbons (Fsp3) is 0.250. The molecule has 0 aliphatic rings. The highest BCUT2D eigenvalue weighted by molar-refractivity contribution is 6.04. The minimum Gasteiger partial charge on any atom is -0.388 e. The zero-order valence-corrected chi connectivity index (χ0v) is 9.32. The van der Waals surface area contributed by atoms with E-state index in [2.05, 4.69) is 5.32 Å². The van der Waals surface area contributed by atoms with E-state index in [1.807, 2.05) is 50.3 Å². The molecule has 0 aliphatic heterocycles. The van der Waals surface area contributed by atoms with Crippen molar-refractivity contribution in [2.75, 3.05) is 26.5 Å². The highest BCUT2D eigenvalue weighted by Crippen LogP contribution is 2.10. The maximum Gasteiger partial charge on any atom is 0.187 e. The Kier molecular flexibility index (Phi) is 3.92. The van der Waals surface area contributed by atoms with Crippen molar-refractivity contribution in [2.45, 2.75) is 0 Å². The van der Waals surface area contributed by atoms with E-state index >= 15 is 0 Å². The second-order valence-corrected chi connectivity index (χ2v) is 3.47. The molecule has 0 aliphatic carbocycles. The van der Waals surface area contributed by atoms with E-state index in [9.17, 15) is 4.79 Å². The third-order valence-corrected chi connectivity index (χ3v) is 1.96. The van der Waals surface area contributed by atoms with Crippen LogP contribution in [-0.4, -0.2) is 31.8 Å². The summed E-state index contributed by atoms with van der Waals surface area (Å²) in [6.45, 7) is 0. The van der Waals surface area contributed by atoms with Gasteiger partial charge in [-0.2, -0.15) is 0 Å². The molecule has 15 heavy (non-hydrogen) atoms. The van der Waals surface area contributed by atoms with Crippen LogP contribution in [-0.2, 0) is 0 Å². The van der Waals surface area contributed by atoms with Crippen molar-refractivity contribution in [3.63, 3.8) is 0 Å². The van der Waals surface area contributed by atoms with Gasteiger partial charge in [0.1, 0.15) is 0 Å². The predicted octanol–water partition coefficient (Wildman–Crippen LogP) is 1.99. The van der Waals surface area contributed by atoms with E-state index in [0.29, 0.717) is 5.56 Å². The van der Waals surface area contributed by atoms with Crippen molar-refractivity contribution < 1.29 is 4.79 Å². The molecule has 0 atom stereocenters. The van der Waals surface area contributed by atoms with Crippen LogP contribution in [0.2, 0.25) is 0 Å². The van der Waals surface area contributed by atoms with E-state index in [4.69, 9.17) is 0 Å². The normalized spacial score (nSPS) is 10.3. The summed E-state index contributed by atoms with van der Waals surface area (Å²) in [5.74, 6) is 0.0146. The van der Waals surface area contributed by atoms with Gasteiger partial charge < -0.3 is 10.2 Å². The van der Waals surface area contributed by atoms with E-state index in [0.717, 1.165) is 5.69 Å². The smallest absolute Gasteiger partial charge is 0.187 e. The largest absolute Gasteiger partial charge is 0.388 e. The molecule has 80 valence electrons. The Morgan fingerprint density at radius 3 is 2.73 bits per heavy atom. The molecular formula is C12H16N2O. The minimum atomic E-state index is 0.0146. The summed E-state index contributed by atoms with van der Waals surface area (Å²) in [6.07, 6.45) is 3.31. The summed E-state index contributed by atoms with van der Waals surface area (Å²) >= 11 is 0. The molecule has 1 aromatic carbocycles. The van der Waals surface area contributed by atoms with Crippen LogP contribution < -0.4 is 5.32 Å². The van der Waals surface area contributed by atoms with Crippen molar-refractivity contribution in [3.8, 4) is 0 Å². The molecule has 0 unspecified atom stereocenters. The van der Waals surface area contributed by atoms with E-state index < -0.39 is 0 Å². The number of hydrogen-bond acceptors (Lipinski definition) is 3. The Hall–Kier alpha value is -1.77. The van der Waals surface area contributed by atoms with Gasteiger partial charge in [0, 0.05) is 44.7 Å². The number of ketones is 1. The van der Waals surface area contributed by atoms with E-state index in [1.165, 1.54) is 0 Å². The highest BCUT2D eigenvalue weighted by Gasteiger charge is 2.01. The molecular weight excluding hydrogens is 188 g/mol. The fourth-order valence-corrected chi connectivity index (χ4v) is 1.14. The molecule has 0 spiro atoms. The number of nitrogens with zero attached hydrogens (tertiary/aromatic N) is 1. The first-order chi connectivity index (χ1) is 7.13. The third kappa shape index (κ3) is 3.46. The van der Waals surface area contributed by atoms with Gasteiger partial charge in [-0.25, -0.2) is 0 Å². The minimum absolute atomic E-state index is 0.0146. The number of nitrogens with one attached hydrogen (secondary N) is 1. The molecule has 0 bridgehead atoms. The lowest BCUT2D eigenvalue weighted by Gasteiger charge is -2.04. The molecule has 1 aromatic rings. The fourth-order valence-electron chi connectivity index (χ4n) is 1.14. The summed E-state index contributed by atoms with van der Waals surface area (Å²) in [5.41, 5.74) is 1.64. The molecule has 0 heterocycles. The van der Waals surface area contributed by atoms with Crippen LogP contribution in [0.15, 0.2) is 36.5 Å². The van der Waals surface area contributed by atoms with Crippen LogP contribution >= 0.6 is 0 Å². The van der Waals surface area contributed by atoms with E-state index in [1.54, 1.807) is 12.3 Å². The van der Waals surface area contributed by atoms with Gasteiger partial charge >= 0.3 is 0 Å². The molecule has 0 saturated carbocycles. The second-order valence-electron chi connectivity index (χ2n) is 3.47. The van der Waals surface area contributed by atoms with Gasteiger partial charge in [0.2, 0.25) is 0 Å². The number of allylic oxidation sites excluding steroid dienone is 1. The summed E-state index contributed by atoms with van der Waals surface area (Å²) in [5, 5.41) is 3.00. The molecule has 1 N–H and O–H groups in total. The summed E-state index contributed by atoms with van der Waals surface area (Å²) in [4.78, 5) is 13.5. The van der Waals surface area contributed by atoms with E-state index in [-0.39, 0.29) is 5.78 Å². The predicted molar refractivity (Wildman–Crippen MR) is 63.1 cm³/mol. The SMILES string of the molecule is CNc1cccc(C(=O)/C=C/N(C)C)c1. The first-order valence-electron chi connectivity index (χ1n) is 4.80. The molecule has 0 aromatic heterocycles. The lowest BCUT2D eigenvalue weighted by atomic mass is 10.1. The Morgan fingerprint density at radius 2 is 2.13 bits per heavy atom. The molecule has 0 radical (unpaired) electrons. The number of hydrogen-bond donors (Lipinski definition) is 1. The van der Waals surface area contributed by atoms with Crippen LogP contribution in [0.4, 0.5) is 5.69 Å². The quantitative estimate of drug-likeness (QED) is 0.601. The maximum atomic E-state index is 11.7. The maximum absolute atomic E-state index is 11.7. The number of carbonyl (C=O) groups excluding carboxylic acids is 1. The zero-order chi connectivity index (χ0) is 11.3. The Bertz CT molecular complexity index is 370. The van der Waals surface area contributed by atoms with Crippen LogP contribution in [0, 0.1) is 0 Å². The lowest BCUT2D eigenvalue weighted by Crippen LogP contribution is -2.03. The standard InChI is InChI=1S/C12H16N2O/c1-13-11-6-4-5-10(9-11)12(15)7-8-14(2)3/h4-9,13H,1-3H3/b8-7+. The molecule has 1 rings (SSSR count). The molecule has 0 fully saturated rings. The van der Waals surface area contributed by atoms with Crippen molar-refractivity contribution in [3.05, 3.63) is 42.1 Å². The van der Waals surface area contributed by atoms with Crippen LogP contribution in [0.5, 0.6) is 0 Å². The van der Waals surface area contributed by atoms with Crippen LogP contribution in [0.3, 0.4) is 0 Å². The van der Waals surface area contributed by atoms with Crippen molar-refractivity contribution in [1.29, 1.82) is 0 Å². The van der Waals surface area contributed by atoms with Gasteiger partial charge in [-0.05, 0) is 12.1 Å². The first-order valence-corrected chi connectivity index (χ1v) is 4.80. The summed E-state index contributed by atoms with van der Waals surface area (Å²) in [6, 6.07) is 7.43. The van der Waals surface area contributed by atoms with Gasteiger partial charge in [0.15, 0.2) is 5.78 Å². The number of benzene rings is 1. The second kappa shape index (κ2) is 5.20. The Labute approximate surface area is 90.4 Å². The number of carbonyl (C=O) groups is 1. The highest BCUT2D eigenvalue weighted by atomic mass is 16.1. The summed E-state index contributed by atoms with van der Waals surface area (Å²) in [7, 11) is 5.60. The van der Waals surface area contributed by atoms with Gasteiger partial charge in [0.25, 0.3) is 0 Å². The summed E-state index contributed by atoms with van der Waals surface area (Å²) < 4.78 is 0. The molecule has 0 saturated heterocycles. The van der Waals surface area contributed by atoms with Crippen LogP contribution in [0.1, 0.15) is 10.4 Å². The monoisotopic (exact) mass is 204 g/mol. The average Bonchev–Trinajstić information content (AvgIpc) is 2.26. The number of rotatable bonds is 4. The topological polar surface area (TPSA) is 32.3 Å². The molecule has 0 amide bonds. The number of anilines is 1. The van der Waals surface area contributed by atoms with Crippen LogP contribution in [0.25, 0.3) is 0 Å². The lowest BCUT2D eigenvalue weighted by molar-refractivity contribution is 0.104. The van der Waals surface area contributed by atoms with Gasteiger partial charge in [-0.1, -0.05) is 12.1 Å². The van der Waals surface area contributed by atoms with Crippen molar-refractivity contribution in [2.24, 2.45) is 0 Å². The van der Waals surface area contributed by atoms with Crippen molar-refractivity contribution >= 4 is 11.5 Å². The van der Waals surface area contributed by atoms with Gasteiger partial charge in [-0.15, -0.1) is 0 Å².